The molecule has 0 bridgehead atoms. The van der Waals surface area contributed by atoms with Crippen molar-refractivity contribution < 1.29 is 19.4 Å². The van der Waals surface area contributed by atoms with Crippen LogP contribution >= 0.6 is 0 Å². The lowest BCUT2D eigenvalue weighted by Gasteiger charge is -2.36. The van der Waals surface area contributed by atoms with Gasteiger partial charge < -0.3 is 14.7 Å². The zero-order chi connectivity index (χ0) is 18.4. The number of likely N-dealkylation sites (tertiary alicyclic amines) is 1. The van der Waals surface area contributed by atoms with E-state index in [1.807, 2.05) is 35.2 Å². The fourth-order valence-corrected chi connectivity index (χ4v) is 3.40. The van der Waals surface area contributed by atoms with Crippen LogP contribution in [0.5, 0.6) is 11.5 Å². The largest absolute Gasteiger partial charge is 0.507 e. The van der Waals surface area contributed by atoms with Crippen molar-refractivity contribution in [2.75, 3.05) is 13.2 Å². The van der Waals surface area contributed by atoms with Crippen LogP contribution in [0.3, 0.4) is 0 Å². The van der Waals surface area contributed by atoms with E-state index >= 15 is 0 Å². The molecule has 1 aliphatic rings. The summed E-state index contributed by atoms with van der Waals surface area (Å²) < 4.78 is 5.72. The maximum absolute atomic E-state index is 12.8. The molecule has 136 valence electrons. The second-order valence-electron chi connectivity index (χ2n) is 6.46. The molecule has 2 aromatic carbocycles. The van der Waals surface area contributed by atoms with Gasteiger partial charge in [-0.3, -0.25) is 9.59 Å². The highest BCUT2D eigenvalue weighted by Crippen LogP contribution is 2.27. The maximum atomic E-state index is 12.8. The molecule has 0 radical (unpaired) electrons. The molecule has 0 unspecified atom stereocenters. The first-order chi connectivity index (χ1) is 12.7. The molecule has 0 spiro atoms. The second kappa shape index (κ2) is 8.52. The standard InChI is InChI=1S/C21H23NO4/c23-15-18-19(24)10-6-11-20(18)26-14-12-17-9-4-5-13-22(17)21(25)16-7-2-1-3-8-16/h1-3,6-8,10-11,15,17,24H,4-5,9,12-14H2/t17-/m0/s1. The highest BCUT2D eigenvalue weighted by atomic mass is 16.5. The second-order valence-corrected chi connectivity index (χ2v) is 6.46. The van der Waals surface area contributed by atoms with Crippen LogP contribution in [0.25, 0.3) is 0 Å². The molecule has 26 heavy (non-hydrogen) atoms. The quantitative estimate of drug-likeness (QED) is 0.805. The molecule has 5 nitrogen and oxygen atoms in total. The number of phenolic OH excluding ortho intramolecular Hbond substituents is 1. The fraction of sp³-hybridized carbons (Fsp3) is 0.333. The van der Waals surface area contributed by atoms with Gasteiger partial charge in [-0.15, -0.1) is 0 Å². The summed E-state index contributed by atoms with van der Waals surface area (Å²) in [5.74, 6) is 0.342. The van der Waals surface area contributed by atoms with Gasteiger partial charge in [0.25, 0.3) is 5.91 Å². The number of carbonyl (C=O) groups is 2. The Balaban J connectivity index is 1.63. The summed E-state index contributed by atoms with van der Waals surface area (Å²) in [7, 11) is 0. The Labute approximate surface area is 153 Å². The van der Waals surface area contributed by atoms with Gasteiger partial charge in [-0.1, -0.05) is 24.3 Å². The topological polar surface area (TPSA) is 66.8 Å². The number of benzene rings is 2. The Hall–Kier alpha value is -2.82. The zero-order valence-corrected chi connectivity index (χ0v) is 14.6. The lowest BCUT2D eigenvalue weighted by Crippen LogP contribution is -2.44. The highest BCUT2D eigenvalue weighted by Gasteiger charge is 2.27. The van der Waals surface area contributed by atoms with Crippen molar-refractivity contribution in [1.29, 1.82) is 0 Å². The number of amides is 1. The van der Waals surface area contributed by atoms with Gasteiger partial charge in [0.05, 0.1) is 12.2 Å². The average Bonchev–Trinajstić information content (AvgIpc) is 2.69. The summed E-state index contributed by atoms with van der Waals surface area (Å²) in [6, 6.07) is 14.2. The minimum atomic E-state index is -0.0870. The minimum absolute atomic E-state index is 0.0567. The van der Waals surface area contributed by atoms with E-state index in [9.17, 15) is 14.7 Å². The maximum Gasteiger partial charge on any atom is 0.254 e. The monoisotopic (exact) mass is 353 g/mol. The first-order valence-corrected chi connectivity index (χ1v) is 8.96. The number of hydrogen-bond acceptors (Lipinski definition) is 4. The first-order valence-electron chi connectivity index (χ1n) is 8.96. The van der Waals surface area contributed by atoms with Crippen LogP contribution in [0.1, 0.15) is 46.4 Å². The minimum Gasteiger partial charge on any atom is -0.507 e. The SMILES string of the molecule is O=Cc1c(O)cccc1OCC[C@@H]1CCCCN1C(=O)c1ccccc1. The molecule has 1 atom stereocenters. The Morgan fingerprint density at radius 2 is 1.96 bits per heavy atom. The predicted molar refractivity (Wildman–Crippen MR) is 98.7 cm³/mol. The van der Waals surface area contributed by atoms with E-state index in [-0.39, 0.29) is 23.3 Å². The third-order valence-electron chi connectivity index (χ3n) is 4.78. The van der Waals surface area contributed by atoms with Gasteiger partial charge in [-0.05, 0) is 43.5 Å². The molecule has 1 N–H and O–H groups in total. The summed E-state index contributed by atoms with van der Waals surface area (Å²) in [5.41, 5.74) is 0.866. The number of piperidine rings is 1. The molecule has 2 aromatic rings. The van der Waals surface area contributed by atoms with Gasteiger partial charge in [0, 0.05) is 24.6 Å². The Kier molecular flexibility index (Phi) is 5.89. The summed E-state index contributed by atoms with van der Waals surface area (Å²) in [4.78, 5) is 25.8. The van der Waals surface area contributed by atoms with Crippen LogP contribution < -0.4 is 4.74 Å². The van der Waals surface area contributed by atoms with Crippen LogP contribution in [0.4, 0.5) is 0 Å². The number of aldehydes is 1. The van der Waals surface area contributed by atoms with Gasteiger partial charge in [0.15, 0.2) is 6.29 Å². The van der Waals surface area contributed by atoms with E-state index in [1.165, 1.54) is 6.07 Å². The van der Waals surface area contributed by atoms with Gasteiger partial charge in [-0.2, -0.15) is 0 Å². The number of aromatic hydroxyl groups is 1. The van der Waals surface area contributed by atoms with Gasteiger partial charge in [0.2, 0.25) is 0 Å². The lowest BCUT2D eigenvalue weighted by atomic mass is 9.98. The van der Waals surface area contributed by atoms with Crippen molar-refractivity contribution in [3.8, 4) is 11.5 Å². The molecule has 1 saturated heterocycles. The molecule has 0 saturated carbocycles. The number of phenols is 1. The molecule has 1 aliphatic heterocycles. The van der Waals surface area contributed by atoms with Gasteiger partial charge >= 0.3 is 0 Å². The van der Waals surface area contributed by atoms with E-state index in [0.29, 0.717) is 30.6 Å². The first kappa shape index (κ1) is 18.0. The highest BCUT2D eigenvalue weighted by molar-refractivity contribution is 5.94. The summed E-state index contributed by atoms with van der Waals surface area (Å²) >= 11 is 0. The Bertz CT molecular complexity index is 760. The number of ether oxygens (including phenoxy) is 1. The molecular weight excluding hydrogens is 330 g/mol. The van der Waals surface area contributed by atoms with E-state index in [0.717, 1.165) is 25.8 Å². The average molecular weight is 353 g/mol. The van der Waals surface area contributed by atoms with E-state index < -0.39 is 0 Å². The summed E-state index contributed by atoms with van der Waals surface area (Å²) in [6.07, 6.45) is 4.33. The van der Waals surface area contributed by atoms with E-state index in [1.54, 1.807) is 12.1 Å². The summed E-state index contributed by atoms with van der Waals surface area (Å²) in [5, 5.41) is 9.72. The Morgan fingerprint density at radius 1 is 1.15 bits per heavy atom. The fourth-order valence-electron chi connectivity index (χ4n) is 3.40. The predicted octanol–water partition coefficient (Wildman–Crippen LogP) is 3.67. The molecule has 1 amide bonds. The van der Waals surface area contributed by atoms with Crippen LogP contribution in [-0.4, -0.2) is 41.4 Å². The van der Waals surface area contributed by atoms with Crippen molar-refractivity contribution in [3.05, 3.63) is 59.7 Å². The molecular formula is C21H23NO4. The third-order valence-corrected chi connectivity index (χ3v) is 4.78. The van der Waals surface area contributed by atoms with E-state index in [2.05, 4.69) is 0 Å². The van der Waals surface area contributed by atoms with Crippen molar-refractivity contribution in [2.45, 2.75) is 31.7 Å². The number of carbonyl (C=O) groups excluding carboxylic acids is 2. The number of hydrogen-bond donors (Lipinski definition) is 1. The molecule has 5 heteroatoms. The van der Waals surface area contributed by atoms with Crippen LogP contribution in [0.15, 0.2) is 48.5 Å². The van der Waals surface area contributed by atoms with Crippen LogP contribution in [-0.2, 0) is 0 Å². The summed E-state index contributed by atoms with van der Waals surface area (Å²) in [6.45, 7) is 1.14. The van der Waals surface area contributed by atoms with Gasteiger partial charge in [-0.25, -0.2) is 0 Å². The van der Waals surface area contributed by atoms with Crippen molar-refractivity contribution in [1.82, 2.24) is 4.90 Å². The smallest absolute Gasteiger partial charge is 0.254 e. The number of rotatable bonds is 6. The lowest BCUT2D eigenvalue weighted by molar-refractivity contribution is 0.0580. The van der Waals surface area contributed by atoms with E-state index in [4.69, 9.17) is 4.74 Å². The molecule has 0 aromatic heterocycles. The van der Waals surface area contributed by atoms with Crippen LogP contribution in [0.2, 0.25) is 0 Å². The van der Waals surface area contributed by atoms with Gasteiger partial charge in [0.1, 0.15) is 11.5 Å². The van der Waals surface area contributed by atoms with Crippen LogP contribution in [0, 0.1) is 0 Å². The van der Waals surface area contributed by atoms with Crippen molar-refractivity contribution in [3.63, 3.8) is 0 Å². The normalized spacial score (nSPS) is 16.9. The Morgan fingerprint density at radius 3 is 2.73 bits per heavy atom. The molecule has 3 rings (SSSR count). The molecule has 0 aliphatic carbocycles. The van der Waals surface area contributed by atoms with Crippen molar-refractivity contribution >= 4 is 12.2 Å². The molecule has 1 heterocycles. The zero-order valence-electron chi connectivity index (χ0n) is 14.6. The third kappa shape index (κ3) is 4.04. The number of nitrogens with zero attached hydrogens (tertiary/aromatic N) is 1. The van der Waals surface area contributed by atoms with Crippen molar-refractivity contribution in [2.24, 2.45) is 0 Å². The molecule has 1 fully saturated rings.